The standard InChI is InChI=1S/C9H15BrO3/c10-7-13-4-3-12-6-8-1-2-9(11)5-8/h8H,1-7H2. The van der Waals surface area contributed by atoms with Crippen LogP contribution in [0.3, 0.4) is 0 Å². The van der Waals surface area contributed by atoms with E-state index in [-0.39, 0.29) is 0 Å². The van der Waals surface area contributed by atoms with Gasteiger partial charge in [-0.15, -0.1) is 0 Å². The first-order valence-corrected chi connectivity index (χ1v) is 5.68. The summed E-state index contributed by atoms with van der Waals surface area (Å²) >= 11 is 3.15. The molecule has 4 heteroatoms. The van der Waals surface area contributed by atoms with Gasteiger partial charge in [0.05, 0.1) is 13.2 Å². The minimum Gasteiger partial charge on any atom is -0.379 e. The van der Waals surface area contributed by atoms with Crippen LogP contribution in [-0.2, 0) is 14.3 Å². The molecular formula is C9H15BrO3. The smallest absolute Gasteiger partial charge is 0.133 e. The van der Waals surface area contributed by atoms with E-state index in [2.05, 4.69) is 15.9 Å². The highest BCUT2D eigenvalue weighted by Crippen LogP contribution is 2.21. The van der Waals surface area contributed by atoms with E-state index in [1.54, 1.807) is 0 Å². The highest BCUT2D eigenvalue weighted by molar-refractivity contribution is 9.09. The molecule has 1 aliphatic rings. The van der Waals surface area contributed by atoms with Crippen molar-refractivity contribution < 1.29 is 14.3 Å². The number of carbonyl (C=O) groups is 1. The van der Waals surface area contributed by atoms with Crippen LogP contribution in [-0.4, -0.2) is 31.1 Å². The van der Waals surface area contributed by atoms with E-state index in [0.717, 1.165) is 12.8 Å². The van der Waals surface area contributed by atoms with Gasteiger partial charge in [0.25, 0.3) is 0 Å². The second kappa shape index (κ2) is 6.51. The quantitative estimate of drug-likeness (QED) is 0.532. The molecule has 0 radical (unpaired) electrons. The molecule has 1 atom stereocenters. The monoisotopic (exact) mass is 250 g/mol. The van der Waals surface area contributed by atoms with Gasteiger partial charge in [0.2, 0.25) is 0 Å². The second-order valence-electron chi connectivity index (χ2n) is 3.24. The number of rotatable bonds is 6. The van der Waals surface area contributed by atoms with Crippen LogP contribution in [0.4, 0.5) is 0 Å². The summed E-state index contributed by atoms with van der Waals surface area (Å²) in [6.45, 7) is 1.94. The van der Waals surface area contributed by atoms with E-state index in [9.17, 15) is 4.79 Å². The van der Waals surface area contributed by atoms with E-state index in [1.165, 1.54) is 0 Å². The fraction of sp³-hybridized carbons (Fsp3) is 0.889. The van der Waals surface area contributed by atoms with Crippen molar-refractivity contribution in [2.24, 2.45) is 5.92 Å². The summed E-state index contributed by atoms with van der Waals surface area (Å²) < 4.78 is 10.4. The predicted octanol–water partition coefficient (Wildman–Crippen LogP) is 1.74. The summed E-state index contributed by atoms with van der Waals surface area (Å²) in [7, 11) is 0. The highest BCUT2D eigenvalue weighted by Gasteiger charge is 2.21. The molecule has 0 aromatic rings. The number of ether oxygens (including phenoxy) is 2. The fourth-order valence-electron chi connectivity index (χ4n) is 1.46. The van der Waals surface area contributed by atoms with Crippen molar-refractivity contribution in [1.82, 2.24) is 0 Å². The van der Waals surface area contributed by atoms with Crippen molar-refractivity contribution in [2.45, 2.75) is 19.3 Å². The van der Waals surface area contributed by atoms with Gasteiger partial charge in [-0.25, -0.2) is 0 Å². The lowest BCUT2D eigenvalue weighted by Crippen LogP contribution is -2.10. The molecule has 1 rings (SSSR count). The third-order valence-corrected chi connectivity index (χ3v) is 2.47. The van der Waals surface area contributed by atoms with Gasteiger partial charge >= 0.3 is 0 Å². The third-order valence-electron chi connectivity index (χ3n) is 2.15. The molecule has 0 bridgehead atoms. The van der Waals surface area contributed by atoms with Gasteiger partial charge < -0.3 is 9.47 Å². The molecule has 0 spiro atoms. The summed E-state index contributed by atoms with van der Waals surface area (Å²) in [5, 5.41) is 0. The maximum Gasteiger partial charge on any atom is 0.133 e. The molecule has 0 aliphatic heterocycles. The van der Waals surface area contributed by atoms with Crippen LogP contribution in [0.2, 0.25) is 0 Å². The lowest BCUT2D eigenvalue weighted by molar-refractivity contribution is -0.117. The number of ketones is 1. The Morgan fingerprint density at radius 3 is 2.77 bits per heavy atom. The largest absolute Gasteiger partial charge is 0.379 e. The number of alkyl halides is 1. The SMILES string of the molecule is O=C1CCC(COCCOCBr)C1. The molecule has 0 aromatic heterocycles. The summed E-state index contributed by atoms with van der Waals surface area (Å²) in [6, 6.07) is 0. The zero-order valence-corrected chi connectivity index (χ0v) is 9.22. The highest BCUT2D eigenvalue weighted by atomic mass is 79.9. The molecule has 1 unspecified atom stereocenters. The Labute approximate surface area is 86.9 Å². The van der Waals surface area contributed by atoms with E-state index < -0.39 is 0 Å². The molecule has 1 aliphatic carbocycles. The molecule has 1 fully saturated rings. The third kappa shape index (κ3) is 4.74. The Bertz CT molecular complexity index is 161. The van der Waals surface area contributed by atoms with Gasteiger partial charge in [0, 0.05) is 19.4 Å². The summed E-state index contributed by atoms with van der Waals surface area (Å²) in [4.78, 5) is 10.9. The number of hydrogen-bond donors (Lipinski definition) is 0. The minimum atomic E-state index is 0.380. The Balaban J connectivity index is 1.91. The van der Waals surface area contributed by atoms with Gasteiger partial charge in [0.15, 0.2) is 0 Å². The zero-order chi connectivity index (χ0) is 9.52. The molecule has 1 saturated carbocycles. The van der Waals surface area contributed by atoms with Crippen LogP contribution in [0, 0.1) is 5.92 Å². The summed E-state index contributed by atoms with van der Waals surface area (Å²) in [6.07, 6.45) is 2.45. The maximum atomic E-state index is 10.9. The van der Waals surface area contributed by atoms with E-state index >= 15 is 0 Å². The predicted molar refractivity (Wildman–Crippen MR) is 52.9 cm³/mol. The first-order chi connectivity index (χ1) is 6.33. The molecule has 76 valence electrons. The summed E-state index contributed by atoms with van der Waals surface area (Å²) in [5.74, 6) is 0.835. The lowest BCUT2D eigenvalue weighted by Gasteiger charge is -2.08. The lowest BCUT2D eigenvalue weighted by atomic mass is 10.1. The average Bonchev–Trinajstić information content (AvgIpc) is 2.51. The van der Waals surface area contributed by atoms with Gasteiger partial charge in [-0.05, 0) is 12.3 Å². The van der Waals surface area contributed by atoms with Crippen molar-refractivity contribution in [3.63, 3.8) is 0 Å². The van der Waals surface area contributed by atoms with Gasteiger partial charge in [0.1, 0.15) is 11.3 Å². The van der Waals surface area contributed by atoms with Gasteiger partial charge in [-0.2, -0.15) is 0 Å². The Hall–Kier alpha value is 0.0700. The average molecular weight is 251 g/mol. The zero-order valence-electron chi connectivity index (χ0n) is 7.63. The molecule has 0 aromatic carbocycles. The van der Waals surface area contributed by atoms with Crippen LogP contribution in [0.15, 0.2) is 0 Å². The second-order valence-corrected chi connectivity index (χ2v) is 3.70. The first-order valence-electron chi connectivity index (χ1n) is 4.56. The molecule has 0 N–H and O–H groups in total. The maximum absolute atomic E-state index is 10.9. The molecular weight excluding hydrogens is 236 g/mol. The number of carbonyl (C=O) groups excluding carboxylic acids is 1. The van der Waals surface area contributed by atoms with E-state index in [1.807, 2.05) is 0 Å². The van der Waals surface area contributed by atoms with E-state index in [0.29, 0.717) is 43.5 Å². The molecule has 0 saturated heterocycles. The van der Waals surface area contributed by atoms with Crippen LogP contribution < -0.4 is 0 Å². The van der Waals surface area contributed by atoms with E-state index in [4.69, 9.17) is 9.47 Å². The molecule has 3 nitrogen and oxygen atoms in total. The molecule has 0 heterocycles. The van der Waals surface area contributed by atoms with Crippen molar-refractivity contribution >= 4 is 21.7 Å². The van der Waals surface area contributed by atoms with Gasteiger partial charge in [-0.3, -0.25) is 4.79 Å². The van der Waals surface area contributed by atoms with Crippen LogP contribution in [0.25, 0.3) is 0 Å². The van der Waals surface area contributed by atoms with Crippen LogP contribution >= 0.6 is 15.9 Å². The number of Topliss-reactive ketones (excluding diaryl/α,β-unsaturated/α-hetero) is 1. The Morgan fingerprint density at radius 2 is 2.15 bits per heavy atom. The fourth-order valence-corrected chi connectivity index (χ4v) is 1.68. The summed E-state index contributed by atoms with van der Waals surface area (Å²) in [5.41, 5.74) is 0.554. The topological polar surface area (TPSA) is 35.5 Å². The Morgan fingerprint density at radius 1 is 1.38 bits per heavy atom. The van der Waals surface area contributed by atoms with Crippen molar-refractivity contribution in [2.75, 3.05) is 25.3 Å². The normalized spacial score (nSPS) is 22.5. The number of halogens is 1. The van der Waals surface area contributed by atoms with Crippen molar-refractivity contribution in [3.05, 3.63) is 0 Å². The molecule has 13 heavy (non-hydrogen) atoms. The van der Waals surface area contributed by atoms with Crippen molar-refractivity contribution in [3.8, 4) is 0 Å². The Kier molecular flexibility index (Phi) is 5.58. The molecule has 0 amide bonds. The minimum absolute atomic E-state index is 0.380. The van der Waals surface area contributed by atoms with Gasteiger partial charge in [-0.1, -0.05) is 15.9 Å². The van der Waals surface area contributed by atoms with Crippen LogP contribution in [0.1, 0.15) is 19.3 Å². The van der Waals surface area contributed by atoms with Crippen LogP contribution in [0.5, 0.6) is 0 Å². The first kappa shape index (κ1) is 11.1. The van der Waals surface area contributed by atoms with Crippen molar-refractivity contribution in [1.29, 1.82) is 0 Å². The number of hydrogen-bond acceptors (Lipinski definition) is 3.